The summed E-state index contributed by atoms with van der Waals surface area (Å²) in [6.45, 7) is 0. The number of nitrogens with zero attached hydrogens (tertiary/aromatic N) is 1. The van der Waals surface area contributed by atoms with Gasteiger partial charge < -0.3 is 5.32 Å². The molecule has 5 heteroatoms. The van der Waals surface area contributed by atoms with Gasteiger partial charge in [-0.15, -0.1) is 11.3 Å². The number of carbonyl (C=O) groups excluding carboxylic acids is 1. The Morgan fingerprint density at radius 1 is 1.09 bits per heavy atom. The lowest BCUT2D eigenvalue weighted by Gasteiger charge is -2.02. The lowest BCUT2D eigenvalue weighted by molar-refractivity contribution is -0.115. The maximum Gasteiger partial charge on any atom is 0.230 e. The van der Waals surface area contributed by atoms with Gasteiger partial charge in [0, 0.05) is 22.5 Å². The van der Waals surface area contributed by atoms with E-state index in [0.29, 0.717) is 18.0 Å². The van der Waals surface area contributed by atoms with E-state index in [1.54, 1.807) is 6.20 Å². The number of anilines is 1. The van der Waals surface area contributed by atoms with Crippen LogP contribution in [0.15, 0.2) is 60.8 Å². The molecule has 23 heavy (non-hydrogen) atoms. The third kappa shape index (κ3) is 4.41. The molecule has 0 spiro atoms. The van der Waals surface area contributed by atoms with Crippen molar-refractivity contribution in [2.24, 2.45) is 0 Å². The van der Waals surface area contributed by atoms with E-state index in [1.807, 2.05) is 54.6 Å². The first-order chi connectivity index (χ1) is 11.2. The molecule has 116 valence electrons. The van der Waals surface area contributed by atoms with E-state index in [-0.39, 0.29) is 5.91 Å². The third-order valence-corrected chi connectivity index (χ3v) is 4.61. The number of benzene rings is 2. The van der Waals surface area contributed by atoms with Crippen LogP contribution in [0.3, 0.4) is 0 Å². The SMILES string of the molecule is O=C(Cc1ccccc1)Nc1ncc(Cc2ccccc2Cl)s1. The van der Waals surface area contributed by atoms with Gasteiger partial charge in [-0.25, -0.2) is 4.98 Å². The maximum atomic E-state index is 12.0. The van der Waals surface area contributed by atoms with Crippen molar-refractivity contribution < 1.29 is 4.79 Å². The Balaban J connectivity index is 1.61. The molecule has 3 aromatic rings. The summed E-state index contributed by atoms with van der Waals surface area (Å²) >= 11 is 7.64. The van der Waals surface area contributed by atoms with Gasteiger partial charge in [0.15, 0.2) is 5.13 Å². The summed E-state index contributed by atoms with van der Waals surface area (Å²) < 4.78 is 0. The third-order valence-electron chi connectivity index (χ3n) is 3.33. The molecule has 3 nitrogen and oxygen atoms in total. The van der Waals surface area contributed by atoms with Crippen molar-refractivity contribution in [3.8, 4) is 0 Å². The summed E-state index contributed by atoms with van der Waals surface area (Å²) in [5, 5.41) is 4.21. The molecule has 0 saturated heterocycles. The number of amides is 1. The molecule has 0 unspecified atom stereocenters. The zero-order chi connectivity index (χ0) is 16.1. The summed E-state index contributed by atoms with van der Waals surface area (Å²) in [5.41, 5.74) is 2.04. The Kier molecular flexibility index (Phi) is 5.05. The summed E-state index contributed by atoms with van der Waals surface area (Å²) in [5.74, 6) is -0.0603. The molecule has 0 atom stereocenters. The highest BCUT2D eigenvalue weighted by Gasteiger charge is 2.09. The molecule has 3 rings (SSSR count). The molecular formula is C18H15ClN2OS. The van der Waals surface area contributed by atoms with Crippen molar-refractivity contribution >= 4 is 34.0 Å². The highest BCUT2D eigenvalue weighted by Crippen LogP contribution is 2.24. The van der Waals surface area contributed by atoms with Crippen molar-refractivity contribution in [1.82, 2.24) is 4.98 Å². The standard InChI is InChI=1S/C18H15ClN2OS/c19-16-9-5-4-8-14(16)11-15-12-20-18(23-15)21-17(22)10-13-6-2-1-3-7-13/h1-9,12H,10-11H2,(H,20,21,22). The van der Waals surface area contributed by atoms with Gasteiger partial charge in [-0.2, -0.15) is 0 Å². The molecule has 0 bridgehead atoms. The van der Waals surface area contributed by atoms with Crippen molar-refractivity contribution in [2.45, 2.75) is 12.8 Å². The van der Waals surface area contributed by atoms with Crippen LogP contribution in [0.4, 0.5) is 5.13 Å². The molecule has 0 aliphatic heterocycles. The van der Waals surface area contributed by atoms with Crippen LogP contribution < -0.4 is 5.32 Å². The summed E-state index contributed by atoms with van der Waals surface area (Å²) in [6.07, 6.45) is 2.85. The molecule has 1 aromatic heterocycles. The highest BCUT2D eigenvalue weighted by atomic mass is 35.5. The first kappa shape index (κ1) is 15.7. The van der Waals surface area contributed by atoms with E-state index in [9.17, 15) is 4.79 Å². The van der Waals surface area contributed by atoms with Gasteiger partial charge in [0.1, 0.15) is 0 Å². The Labute approximate surface area is 144 Å². The lowest BCUT2D eigenvalue weighted by Crippen LogP contribution is -2.13. The molecule has 0 radical (unpaired) electrons. The average Bonchev–Trinajstić information content (AvgIpc) is 2.97. The fourth-order valence-corrected chi connectivity index (χ4v) is 3.28. The van der Waals surface area contributed by atoms with Gasteiger partial charge in [-0.05, 0) is 17.2 Å². The summed E-state index contributed by atoms with van der Waals surface area (Å²) in [4.78, 5) is 17.4. The lowest BCUT2D eigenvalue weighted by atomic mass is 10.1. The van der Waals surface area contributed by atoms with E-state index in [4.69, 9.17) is 11.6 Å². The predicted molar refractivity (Wildman–Crippen MR) is 95.1 cm³/mol. The van der Waals surface area contributed by atoms with Gasteiger partial charge in [-0.1, -0.05) is 60.1 Å². The number of rotatable bonds is 5. The second-order valence-corrected chi connectivity index (χ2v) is 6.63. The average molecular weight is 343 g/mol. The van der Waals surface area contributed by atoms with Gasteiger partial charge in [0.25, 0.3) is 0 Å². The first-order valence-electron chi connectivity index (χ1n) is 7.22. The number of nitrogens with one attached hydrogen (secondary N) is 1. The normalized spacial score (nSPS) is 10.5. The van der Waals surface area contributed by atoms with Gasteiger partial charge in [-0.3, -0.25) is 4.79 Å². The summed E-state index contributed by atoms with van der Waals surface area (Å²) in [6, 6.07) is 17.4. The van der Waals surface area contributed by atoms with E-state index < -0.39 is 0 Å². The number of hydrogen-bond donors (Lipinski definition) is 1. The van der Waals surface area contributed by atoms with Crippen LogP contribution in [0.5, 0.6) is 0 Å². The molecule has 1 heterocycles. The van der Waals surface area contributed by atoms with Gasteiger partial charge in [0.2, 0.25) is 5.91 Å². The van der Waals surface area contributed by atoms with Crippen LogP contribution in [0.2, 0.25) is 5.02 Å². The zero-order valence-corrected chi connectivity index (χ0v) is 13.9. The van der Waals surface area contributed by atoms with Crippen molar-refractivity contribution in [3.05, 3.63) is 81.8 Å². The van der Waals surface area contributed by atoms with Crippen molar-refractivity contribution in [2.75, 3.05) is 5.32 Å². The van der Waals surface area contributed by atoms with E-state index in [2.05, 4.69) is 10.3 Å². The smallest absolute Gasteiger partial charge is 0.230 e. The number of carbonyl (C=O) groups is 1. The fraction of sp³-hybridized carbons (Fsp3) is 0.111. The molecule has 1 amide bonds. The van der Waals surface area contributed by atoms with Crippen LogP contribution in [0.1, 0.15) is 16.0 Å². The van der Waals surface area contributed by atoms with Crippen LogP contribution in [0, 0.1) is 0 Å². The Morgan fingerprint density at radius 2 is 1.83 bits per heavy atom. The van der Waals surface area contributed by atoms with Gasteiger partial charge >= 0.3 is 0 Å². The molecular weight excluding hydrogens is 328 g/mol. The second kappa shape index (κ2) is 7.40. The van der Waals surface area contributed by atoms with E-state index >= 15 is 0 Å². The molecule has 2 aromatic carbocycles. The zero-order valence-electron chi connectivity index (χ0n) is 12.3. The fourth-order valence-electron chi connectivity index (χ4n) is 2.22. The van der Waals surface area contributed by atoms with Crippen LogP contribution in [0.25, 0.3) is 0 Å². The molecule has 1 N–H and O–H groups in total. The molecule has 0 saturated carbocycles. The largest absolute Gasteiger partial charge is 0.302 e. The highest BCUT2D eigenvalue weighted by molar-refractivity contribution is 7.15. The predicted octanol–water partition coefficient (Wildman–Crippen LogP) is 4.57. The minimum Gasteiger partial charge on any atom is -0.302 e. The number of thiazole rings is 1. The topological polar surface area (TPSA) is 42.0 Å². The van der Waals surface area contributed by atoms with Crippen LogP contribution in [-0.2, 0) is 17.6 Å². The molecule has 0 fully saturated rings. The molecule has 0 aliphatic carbocycles. The second-order valence-electron chi connectivity index (χ2n) is 5.11. The number of halogens is 1. The van der Waals surface area contributed by atoms with Crippen molar-refractivity contribution in [3.63, 3.8) is 0 Å². The number of aromatic nitrogens is 1. The number of hydrogen-bond acceptors (Lipinski definition) is 3. The Morgan fingerprint density at radius 3 is 2.61 bits per heavy atom. The Bertz CT molecular complexity index is 802. The van der Waals surface area contributed by atoms with Crippen LogP contribution in [-0.4, -0.2) is 10.9 Å². The first-order valence-corrected chi connectivity index (χ1v) is 8.42. The van der Waals surface area contributed by atoms with Gasteiger partial charge in [0.05, 0.1) is 6.42 Å². The minimum atomic E-state index is -0.0603. The van der Waals surface area contributed by atoms with E-state index in [1.165, 1.54) is 11.3 Å². The van der Waals surface area contributed by atoms with Crippen LogP contribution >= 0.6 is 22.9 Å². The monoisotopic (exact) mass is 342 g/mol. The maximum absolute atomic E-state index is 12.0. The van der Waals surface area contributed by atoms with E-state index in [0.717, 1.165) is 21.0 Å². The molecule has 0 aliphatic rings. The summed E-state index contributed by atoms with van der Waals surface area (Å²) in [7, 11) is 0. The van der Waals surface area contributed by atoms with Crippen molar-refractivity contribution in [1.29, 1.82) is 0 Å². The minimum absolute atomic E-state index is 0.0603. The Hall–Kier alpha value is -2.17. The quantitative estimate of drug-likeness (QED) is 0.738.